The molecule has 2 aliphatic carbocycles. The Morgan fingerprint density at radius 2 is 2.22 bits per heavy atom. The second kappa shape index (κ2) is 5.02. The zero-order chi connectivity index (χ0) is 12.5. The molecule has 4 heteroatoms. The van der Waals surface area contributed by atoms with Crippen LogP contribution in [0.25, 0.3) is 0 Å². The lowest BCUT2D eigenvalue weighted by molar-refractivity contribution is 0.225. The Balaban J connectivity index is 1.48. The van der Waals surface area contributed by atoms with E-state index in [1.807, 2.05) is 6.33 Å². The van der Waals surface area contributed by atoms with E-state index >= 15 is 0 Å². The monoisotopic (exact) mass is 248 g/mol. The fourth-order valence-corrected chi connectivity index (χ4v) is 2.41. The van der Waals surface area contributed by atoms with Crippen molar-refractivity contribution in [3.05, 3.63) is 18.2 Å². The van der Waals surface area contributed by atoms with Crippen LogP contribution in [-0.2, 0) is 13.1 Å². The van der Waals surface area contributed by atoms with Crippen LogP contribution in [0.3, 0.4) is 0 Å². The van der Waals surface area contributed by atoms with Crippen molar-refractivity contribution >= 4 is 0 Å². The lowest BCUT2D eigenvalue weighted by Gasteiger charge is -2.24. The van der Waals surface area contributed by atoms with E-state index in [4.69, 9.17) is 0 Å². The standard InChI is InChI=1S/C14H24N4/c1-11(17(2)14-5-6-14)8-18-9-13(16-10-18)7-15-12-3-4-12/h9-12,14-15H,3-8H2,1-2H3. The normalized spacial score (nSPS) is 21.5. The van der Waals surface area contributed by atoms with Crippen LogP contribution in [0.2, 0.25) is 0 Å². The highest BCUT2D eigenvalue weighted by Crippen LogP contribution is 2.27. The molecule has 1 aromatic heterocycles. The first-order valence-electron chi connectivity index (χ1n) is 7.18. The minimum absolute atomic E-state index is 0.593. The Bertz CT molecular complexity index is 392. The molecule has 2 saturated carbocycles. The molecule has 0 spiro atoms. The number of hydrogen-bond acceptors (Lipinski definition) is 3. The van der Waals surface area contributed by atoms with Crippen LogP contribution in [0.5, 0.6) is 0 Å². The molecule has 100 valence electrons. The molecule has 4 nitrogen and oxygen atoms in total. The van der Waals surface area contributed by atoms with Crippen LogP contribution >= 0.6 is 0 Å². The molecule has 1 N–H and O–H groups in total. The van der Waals surface area contributed by atoms with Crippen molar-refractivity contribution in [2.24, 2.45) is 0 Å². The van der Waals surface area contributed by atoms with Gasteiger partial charge in [0.1, 0.15) is 0 Å². The molecular weight excluding hydrogens is 224 g/mol. The van der Waals surface area contributed by atoms with Gasteiger partial charge in [-0.25, -0.2) is 4.98 Å². The number of likely N-dealkylation sites (N-methyl/N-ethyl adjacent to an activating group) is 1. The Hall–Kier alpha value is -0.870. The number of imidazole rings is 1. The fourth-order valence-electron chi connectivity index (χ4n) is 2.41. The molecule has 18 heavy (non-hydrogen) atoms. The van der Waals surface area contributed by atoms with Crippen molar-refractivity contribution in [2.75, 3.05) is 7.05 Å². The van der Waals surface area contributed by atoms with Crippen molar-refractivity contribution in [2.45, 2.75) is 63.8 Å². The van der Waals surface area contributed by atoms with E-state index < -0.39 is 0 Å². The molecule has 0 radical (unpaired) electrons. The molecule has 1 heterocycles. The summed E-state index contributed by atoms with van der Waals surface area (Å²) >= 11 is 0. The van der Waals surface area contributed by atoms with E-state index in [1.54, 1.807) is 0 Å². The molecule has 0 bridgehead atoms. The van der Waals surface area contributed by atoms with Crippen molar-refractivity contribution in [3.63, 3.8) is 0 Å². The van der Waals surface area contributed by atoms with Crippen LogP contribution in [0, 0.1) is 0 Å². The van der Waals surface area contributed by atoms with Gasteiger partial charge >= 0.3 is 0 Å². The predicted octanol–water partition coefficient (Wildman–Crippen LogP) is 1.62. The number of aromatic nitrogens is 2. The molecule has 0 aromatic carbocycles. The summed E-state index contributed by atoms with van der Waals surface area (Å²) in [5.74, 6) is 0. The summed E-state index contributed by atoms with van der Waals surface area (Å²) in [5, 5.41) is 3.50. The van der Waals surface area contributed by atoms with E-state index in [9.17, 15) is 0 Å². The van der Waals surface area contributed by atoms with Crippen molar-refractivity contribution in [1.29, 1.82) is 0 Å². The molecule has 2 aliphatic rings. The molecule has 3 rings (SSSR count). The minimum atomic E-state index is 0.593. The number of hydrogen-bond donors (Lipinski definition) is 1. The van der Waals surface area contributed by atoms with Gasteiger partial charge in [-0.3, -0.25) is 4.90 Å². The molecule has 1 atom stereocenters. The van der Waals surface area contributed by atoms with Gasteiger partial charge < -0.3 is 9.88 Å². The molecule has 0 aliphatic heterocycles. The van der Waals surface area contributed by atoms with Crippen LogP contribution < -0.4 is 5.32 Å². The maximum absolute atomic E-state index is 4.47. The van der Waals surface area contributed by atoms with E-state index in [-0.39, 0.29) is 0 Å². The fraction of sp³-hybridized carbons (Fsp3) is 0.786. The molecule has 0 saturated heterocycles. The van der Waals surface area contributed by atoms with E-state index in [2.05, 4.69) is 39.9 Å². The first kappa shape index (κ1) is 12.2. The summed E-state index contributed by atoms with van der Waals surface area (Å²) in [6, 6.07) is 2.19. The lowest BCUT2D eigenvalue weighted by Crippen LogP contribution is -2.34. The van der Waals surface area contributed by atoms with Gasteiger partial charge in [0, 0.05) is 37.4 Å². The Morgan fingerprint density at radius 1 is 1.44 bits per heavy atom. The van der Waals surface area contributed by atoms with Crippen molar-refractivity contribution in [3.8, 4) is 0 Å². The molecule has 1 unspecified atom stereocenters. The van der Waals surface area contributed by atoms with Gasteiger partial charge in [0.15, 0.2) is 0 Å². The SMILES string of the molecule is CC(Cn1cnc(CNC2CC2)c1)N(C)C1CC1. The van der Waals surface area contributed by atoms with Crippen LogP contribution in [0.1, 0.15) is 38.3 Å². The second-order valence-corrected chi connectivity index (χ2v) is 5.96. The minimum Gasteiger partial charge on any atom is -0.336 e. The second-order valence-electron chi connectivity index (χ2n) is 5.96. The number of nitrogens with zero attached hydrogens (tertiary/aromatic N) is 3. The van der Waals surface area contributed by atoms with Gasteiger partial charge in [-0.2, -0.15) is 0 Å². The van der Waals surface area contributed by atoms with Gasteiger partial charge in [-0.05, 0) is 39.7 Å². The first-order chi connectivity index (χ1) is 8.72. The highest BCUT2D eigenvalue weighted by atomic mass is 15.2. The largest absolute Gasteiger partial charge is 0.336 e. The van der Waals surface area contributed by atoms with Gasteiger partial charge in [-0.15, -0.1) is 0 Å². The third-order valence-corrected chi connectivity index (χ3v) is 4.13. The number of nitrogens with one attached hydrogen (secondary N) is 1. The first-order valence-corrected chi connectivity index (χ1v) is 7.18. The summed E-state index contributed by atoms with van der Waals surface area (Å²) in [5.41, 5.74) is 1.17. The highest BCUT2D eigenvalue weighted by molar-refractivity contribution is 4.98. The van der Waals surface area contributed by atoms with Crippen LogP contribution in [-0.4, -0.2) is 39.6 Å². The lowest BCUT2D eigenvalue weighted by atomic mass is 10.3. The maximum atomic E-state index is 4.47. The Morgan fingerprint density at radius 3 is 2.89 bits per heavy atom. The van der Waals surface area contributed by atoms with Crippen LogP contribution in [0.15, 0.2) is 12.5 Å². The Labute approximate surface area is 109 Å². The topological polar surface area (TPSA) is 33.1 Å². The van der Waals surface area contributed by atoms with E-state index in [0.29, 0.717) is 6.04 Å². The van der Waals surface area contributed by atoms with Crippen molar-refractivity contribution in [1.82, 2.24) is 19.8 Å². The summed E-state index contributed by atoms with van der Waals surface area (Å²) in [6.45, 7) is 4.27. The molecule has 1 aromatic rings. The zero-order valence-corrected chi connectivity index (χ0v) is 11.5. The average Bonchev–Trinajstić information content (AvgIpc) is 3.26. The summed E-state index contributed by atoms with van der Waals surface area (Å²) in [6.07, 6.45) is 9.59. The Kier molecular flexibility index (Phi) is 3.39. The molecular formula is C14H24N4. The quantitative estimate of drug-likeness (QED) is 0.796. The smallest absolute Gasteiger partial charge is 0.0950 e. The van der Waals surface area contributed by atoms with E-state index in [0.717, 1.165) is 25.2 Å². The number of rotatable bonds is 7. The third kappa shape index (κ3) is 3.12. The maximum Gasteiger partial charge on any atom is 0.0950 e. The highest BCUT2D eigenvalue weighted by Gasteiger charge is 2.29. The van der Waals surface area contributed by atoms with E-state index in [1.165, 1.54) is 31.4 Å². The van der Waals surface area contributed by atoms with Gasteiger partial charge in [0.2, 0.25) is 0 Å². The van der Waals surface area contributed by atoms with Crippen molar-refractivity contribution < 1.29 is 0 Å². The predicted molar refractivity (Wildman–Crippen MR) is 72.3 cm³/mol. The van der Waals surface area contributed by atoms with Gasteiger partial charge in [-0.1, -0.05) is 0 Å². The summed E-state index contributed by atoms with van der Waals surface area (Å²) in [7, 11) is 2.24. The zero-order valence-electron chi connectivity index (χ0n) is 11.5. The molecule has 0 amide bonds. The average molecular weight is 248 g/mol. The van der Waals surface area contributed by atoms with Gasteiger partial charge in [0.05, 0.1) is 12.0 Å². The molecule has 2 fully saturated rings. The summed E-state index contributed by atoms with van der Waals surface area (Å²) in [4.78, 5) is 6.97. The third-order valence-electron chi connectivity index (χ3n) is 4.13. The van der Waals surface area contributed by atoms with Gasteiger partial charge in [0.25, 0.3) is 0 Å². The summed E-state index contributed by atoms with van der Waals surface area (Å²) < 4.78 is 2.23. The van der Waals surface area contributed by atoms with Crippen LogP contribution in [0.4, 0.5) is 0 Å².